The van der Waals surface area contributed by atoms with Crippen molar-refractivity contribution in [1.29, 1.82) is 0 Å². The van der Waals surface area contributed by atoms with Gasteiger partial charge in [0, 0.05) is 0 Å². The highest BCUT2D eigenvalue weighted by atomic mass is 17.2. The van der Waals surface area contributed by atoms with E-state index in [1.807, 2.05) is 12.1 Å². The number of hydrogen-bond donors (Lipinski definition) is 0. The fourth-order valence-electron chi connectivity index (χ4n) is 7.33. The van der Waals surface area contributed by atoms with E-state index in [0.717, 1.165) is 35.7 Å². The molecule has 2 aromatic rings. The lowest BCUT2D eigenvalue weighted by Gasteiger charge is -2.26. The molecule has 0 bridgehead atoms. The number of carbonyl (C=O) groups is 1. The first-order valence-electron chi connectivity index (χ1n) is 16.4. The molecule has 0 spiro atoms. The SMILES string of the molecule is CC1CCC(Cc2ccc(COO[C@H]3CO[C@@H]4C(C(=O)Oc5ccc(CC6CCC(C)CC6)cc5)CO[C@H]34)cc2)CC1. The Balaban J connectivity index is 0.916. The summed E-state index contributed by atoms with van der Waals surface area (Å²) in [5.41, 5.74) is 3.77. The van der Waals surface area contributed by atoms with Crippen LogP contribution in [0.15, 0.2) is 48.5 Å². The number of carbonyl (C=O) groups excluding carboxylic acids is 1. The highest BCUT2D eigenvalue weighted by molar-refractivity contribution is 5.76. The molecular weight excluding hydrogens is 528 g/mol. The van der Waals surface area contributed by atoms with Gasteiger partial charge in [0.25, 0.3) is 0 Å². The molecule has 1 unspecified atom stereocenters. The van der Waals surface area contributed by atoms with Gasteiger partial charge in [0.15, 0.2) is 0 Å². The predicted octanol–water partition coefficient (Wildman–Crippen LogP) is 7.26. The van der Waals surface area contributed by atoms with E-state index < -0.39 is 5.92 Å². The van der Waals surface area contributed by atoms with Crippen LogP contribution >= 0.6 is 0 Å². The summed E-state index contributed by atoms with van der Waals surface area (Å²) in [5.74, 6) is 3.10. The Kier molecular flexibility index (Phi) is 9.95. The van der Waals surface area contributed by atoms with Gasteiger partial charge in [0.2, 0.25) is 0 Å². The molecule has 2 aliphatic carbocycles. The summed E-state index contributed by atoms with van der Waals surface area (Å²) >= 11 is 0. The zero-order valence-electron chi connectivity index (χ0n) is 25.4. The van der Waals surface area contributed by atoms with Crippen molar-refractivity contribution >= 4 is 5.97 Å². The van der Waals surface area contributed by atoms with Gasteiger partial charge >= 0.3 is 5.97 Å². The molecule has 6 rings (SSSR count). The van der Waals surface area contributed by atoms with Crippen molar-refractivity contribution in [2.75, 3.05) is 13.2 Å². The quantitative estimate of drug-likeness (QED) is 0.128. The lowest BCUT2D eigenvalue weighted by atomic mass is 9.80. The molecule has 228 valence electrons. The van der Waals surface area contributed by atoms with E-state index in [0.29, 0.717) is 19.0 Å². The Hall–Kier alpha value is -2.25. The van der Waals surface area contributed by atoms with Crippen LogP contribution in [0.3, 0.4) is 0 Å². The second kappa shape index (κ2) is 14.0. The first kappa shape index (κ1) is 29.8. The molecular formula is C36H48O6. The molecule has 4 aliphatic rings. The third-order valence-electron chi connectivity index (χ3n) is 10.2. The molecule has 2 saturated carbocycles. The van der Waals surface area contributed by atoms with Crippen LogP contribution in [0.5, 0.6) is 5.75 Å². The monoisotopic (exact) mass is 576 g/mol. The first-order chi connectivity index (χ1) is 20.5. The fraction of sp³-hybridized carbons (Fsp3) is 0.639. The van der Waals surface area contributed by atoms with Crippen molar-refractivity contribution in [2.24, 2.45) is 29.6 Å². The number of rotatable bonds is 10. The molecule has 6 nitrogen and oxygen atoms in total. The molecule has 6 heteroatoms. The Morgan fingerprint density at radius 2 is 1.21 bits per heavy atom. The zero-order valence-corrected chi connectivity index (χ0v) is 25.4. The summed E-state index contributed by atoms with van der Waals surface area (Å²) in [6.07, 6.45) is 11.9. The van der Waals surface area contributed by atoms with Gasteiger partial charge in [-0.1, -0.05) is 75.9 Å². The van der Waals surface area contributed by atoms with Crippen molar-refractivity contribution in [3.63, 3.8) is 0 Å². The zero-order chi connectivity index (χ0) is 28.9. The second-order valence-electron chi connectivity index (χ2n) is 13.6. The third kappa shape index (κ3) is 7.63. The normalized spacial score (nSPS) is 32.9. The van der Waals surface area contributed by atoms with Crippen LogP contribution in [0, 0.1) is 29.6 Å². The van der Waals surface area contributed by atoms with Crippen LogP contribution < -0.4 is 4.74 Å². The van der Waals surface area contributed by atoms with Gasteiger partial charge in [0.05, 0.1) is 13.2 Å². The van der Waals surface area contributed by atoms with Gasteiger partial charge in [-0.05, 0) is 91.0 Å². The van der Waals surface area contributed by atoms with Crippen molar-refractivity contribution in [3.05, 3.63) is 65.2 Å². The highest BCUT2D eigenvalue weighted by Crippen LogP contribution is 2.35. The topological polar surface area (TPSA) is 63.2 Å². The molecule has 0 N–H and O–H groups in total. The van der Waals surface area contributed by atoms with E-state index in [9.17, 15) is 4.79 Å². The van der Waals surface area contributed by atoms with Crippen LogP contribution in [-0.4, -0.2) is 37.5 Å². The molecule has 2 aliphatic heterocycles. The largest absolute Gasteiger partial charge is 0.426 e. The minimum Gasteiger partial charge on any atom is -0.426 e. The van der Waals surface area contributed by atoms with Crippen molar-refractivity contribution in [2.45, 2.75) is 103 Å². The van der Waals surface area contributed by atoms with Gasteiger partial charge in [-0.2, -0.15) is 0 Å². The summed E-state index contributed by atoms with van der Waals surface area (Å²) in [5, 5.41) is 0. The maximum absolute atomic E-state index is 13.0. The molecule has 0 radical (unpaired) electrons. The van der Waals surface area contributed by atoms with Gasteiger partial charge in [0.1, 0.15) is 36.6 Å². The summed E-state index contributed by atoms with van der Waals surface area (Å²) in [6.45, 7) is 5.66. The summed E-state index contributed by atoms with van der Waals surface area (Å²) in [6, 6.07) is 16.7. The Morgan fingerprint density at radius 1 is 0.690 bits per heavy atom. The molecule has 2 heterocycles. The summed E-state index contributed by atoms with van der Waals surface area (Å²) < 4.78 is 17.6. The molecule has 0 amide bonds. The lowest BCUT2D eigenvalue weighted by Crippen LogP contribution is -2.35. The summed E-state index contributed by atoms with van der Waals surface area (Å²) in [7, 11) is 0. The number of benzene rings is 2. The van der Waals surface area contributed by atoms with Crippen LogP contribution in [-0.2, 0) is 43.5 Å². The van der Waals surface area contributed by atoms with E-state index >= 15 is 0 Å². The molecule has 4 atom stereocenters. The van der Waals surface area contributed by atoms with Gasteiger partial charge < -0.3 is 14.2 Å². The number of esters is 1. The molecule has 0 aromatic heterocycles. The predicted molar refractivity (Wildman–Crippen MR) is 161 cm³/mol. The Morgan fingerprint density at radius 3 is 1.81 bits per heavy atom. The lowest BCUT2D eigenvalue weighted by molar-refractivity contribution is -0.341. The minimum absolute atomic E-state index is 0.258. The smallest absolute Gasteiger partial charge is 0.319 e. The fourth-order valence-corrected chi connectivity index (χ4v) is 7.33. The summed E-state index contributed by atoms with van der Waals surface area (Å²) in [4.78, 5) is 24.3. The van der Waals surface area contributed by atoms with Gasteiger partial charge in [-0.3, -0.25) is 4.79 Å². The Bertz CT molecular complexity index is 1130. The Labute approximate surface area is 251 Å². The van der Waals surface area contributed by atoms with E-state index in [4.69, 9.17) is 24.0 Å². The van der Waals surface area contributed by atoms with E-state index in [-0.39, 0.29) is 30.9 Å². The number of hydrogen-bond acceptors (Lipinski definition) is 6. The standard InChI is InChI=1S/C36H48O6/c1-24-3-7-26(8-4-24)19-28-11-13-30(14-12-28)21-40-42-33-23-39-34-32(22-38-35(33)34)36(37)41-31-17-15-29(16-18-31)20-27-9-5-25(2)6-10-27/h11-18,24-27,32-35H,3-10,19-23H2,1-2H3/t24?,25?,26?,27?,32?,33-,34+,35+/m0/s1. The van der Waals surface area contributed by atoms with E-state index in [1.165, 1.54) is 68.9 Å². The highest BCUT2D eigenvalue weighted by Gasteiger charge is 2.52. The van der Waals surface area contributed by atoms with Crippen molar-refractivity contribution in [1.82, 2.24) is 0 Å². The molecule has 2 aromatic carbocycles. The van der Waals surface area contributed by atoms with Crippen LogP contribution in [0.2, 0.25) is 0 Å². The van der Waals surface area contributed by atoms with Crippen LogP contribution in [0.1, 0.15) is 81.9 Å². The number of fused-ring (bicyclic) bond motifs is 1. The second-order valence-corrected chi connectivity index (χ2v) is 13.6. The van der Waals surface area contributed by atoms with E-state index in [2.05, 4.69) is 50.2 Å². The van der Waals surface area contributed by atoms with Gasteiger partial charge in [-0.25, -0.2) is 9.78 Å². The average Bonchev–Trinajstić information content (AvgIpc) is 3.60. The third-order valence-corrected chi connectivity index (χ3v) is 10.2. The molecule has 2 saturated heterocycles. The van der Waals surface area contributed by atoms with E-state index in [1.54, 1.807) is 0 Å². The minimum atomic E-state index is -0.479. The molecule has 42 heavy (non-hydrogen) atoms. The number of ether oxygens (including phenoxy) is 3. The van der Waals surface area contributed by atoms with Crippen molar-refractivity contribution < 1.29 is 28.8 Å². The van der Waals surface area contributed by atoms with Gasteiger partial charge in [-0.15, -0.1) is 0 Å². The van der Waals surface area contributed by atoms with Crippen LogP contribution in [0.4, 0.5) is 0 Å². The van der Waals surface area contributed by atoms with Crippen molar-refractivity contribution in [3.8, 4) is 5.75 Å². The maximum Gasteiger partial charge on any atom is 0.319 e. The molecule has 4 fully saturated rings. The maximum atomic E-state index is 13.0. The first-order valence-corrected chi connectivity index (χ1v) is 16.4. The van der Waals surface area contributed by atoms with Crippen LogP contribution in [0.25, 0.3) is 0 Å². The average molecular weight is 577 g/mol.